The summed E-state index contributed by atoms with van der Waals surface area (Å²) < 4.78 is 93.0. The summed E-state index contributed by atoms with van der Waals surface area (Å²) in [7, 11) is 7.92. The molecule has 0 amide bonds. The van der Waals surface area contributed by atoms with Gasteiger partial charge in [0.05, 0.1) is 0 Å². The van der Waals surface area contributed by atoms with E-state index in [1.165, 1.54) is 73.9 Å². The first-order valence-corrected chi connectivity index (χ1v) is 26.8. The molecule has 1 unspecified atom stereocenters. The van der Waals surface area contributed by atoms with Crippen LogP contribution in [0.2, 0.25) is 0 Å². The molecule has 0 saturated heterocycles. The zero-order valence-electron chi connectivity index (χ0n) is 61.0. The number of hydrogen-bond donors (Lipinski definition) is 0. The van der Waals surface area contributed by atoms with E-state index in [4.69, 9.17) is 15.1 Å². The molecular formula is C72H96N4+4. The molecule has 0 radical (unpaired) electrons. The molecular weight excluding hydrogens is 921 g/mol. The van der Waals surface area contributed by atoms with Crippen molar-refractivity contribution in [3.63, 3.8) is 0 Å². The summed E-state index contributed by atoms with van der Waals surface area (Å²) in [5.41, 5.74) is 25.4. The number of aryl methyl sites for hydroxylation is 16. The normalized spacial score (nSPS) is 14.6. The van der Waals surface area contributed by atoms with Crippen molar-refractivity contribution >= 4 is 0 Å². The number of benzene rings is 4. The van der Waals surface area contributed by atoms with Gasteiger partial charge in [0.2, 0.25) is 22.8 Å². The van der Waals surface area contributed by atoms with Crippen LogP contribution in [0.1, 0.15) is 183 Å². The standard InChI is InChI=1S/4C18H24N/c2*1-12(2)16-7-8-17(14(4)9-16)18-10-13(3)15(5)11-19(18)6;1-12(2)17-10-18(19(6)11-15(17)5)16-8-7-13(3)9-14(16)4;1-12(2)17-11-19(6)18(10-15(17)5)16-8-7-13(3)9-14(16)4/h4*7-12H,1-6H3/q4*+1/i1D3,5D3,12D;5D3,12D;;. The number of nitrogens with zero attached hydrogens (tertiary/aromatic N) is 4. The Morgan fingerprint density at radius 2 is 0.671 bits per heavy atom. The Morgan fingerprint density at radius 3 is 1.03 bits per heavy atom. The number of pyridine rings is 4. The van der Waals surface area contributed by atoms with Gasteiger partial charge in [0, 0.05) is 83.9 Å². The van der Waals surface area contributed by atoms with E-state index in [1.807, 2.05) is 76.6 Å². The average Bonchev–Trinajstić information content (AvgIpc) is 0.969. The molecule has 0 bridgehead atoms. The predicted octanol–water partition coefficient (Wildman–Crippen LogP) is 16.9. The quantitative estimate of drug-likeness (QED) is 0.135. The van der Waals surface area contributed by atoms with Crippen LogP contribution in [0.4, 0.5) is 0 Å². The summed E-state index contributed by atoms with van der Waals surface area (Å²) in [6.07, 6.45) is 7.82. The fourth-order valence-corrected chi connectivity index (χ4v) is 10.0. The maximum Gasteiger partial charge on any atom is 0.212 e. The van der Waals surface area contributed by atoms with E-state index in [-0.39, 0.29) is 0 Å². The molecule has 0 saturated carbocycles. The highest BCUT2D eigenvalue weighted by molar-refractivity contribution is 5.65. The minimum atomic E-state index is -2.43. The van der Waals surface area contributed by atoms with Gasteiger partial charge < -0.3 is 0 Å². The lowest BCUT2D eigenvalue weighted by Crippen LogP contribution is -2.32. The smallest absolute Gasteiger partial charge is 0.201 e. The molecule has 0 aliphatic carbocycles. The Balaban J connectivity index is 0.000000213. The van der Waals surface area contributed by atoms with Crippen LogP contribution in [0, 0.1) is 82.9 Å². The Hall–Kier alpha value is -6.52. The Morgan fingerprint density at radius 1 is 0.329 bits per heavy atom. The van der Waals surface area contributed by atoms with E-state index >= 15 is 0 Å². The minimum Gasteiger partial charge on any atom is -0.201 e. The molecule has 76 heavy (non-hydrogen) atoms. The number of hydrogen-bond acceptors (Lipinski definition) is 0. The van der Waals surface area contributed by atoms with Crippen LogP contribution in [0.15, 0.2) is 122 Å². The van der Waals surface area contributed by atoms with Gasteiger partial charge in [0.25, 0.3) is 0 Å². The minimum absolute atomic E-state index is 0.305. The molecule has 1 atom stereocenters. The predicted molar refractivity (Wildman–Crippen MR) is 325 cm³/mol. The van der Waals surface area contributed by atoms with E-state index in [2.05, 4.69) is 153 Å². The molecule has 4 aromatic carbocycles. The van der Waals surface area contributed by atoms with Crippen LogP contribution >= 0.6 is 0 Å². The van der Waals surface area contributed by atoms with Crippen LogP contribution < -0.4 is 18.3 Å². The van der Waals surface area contributed by atoms with Crippen molar-refractivity contribution in [3.05, 3.63) is 211 Å². The third-order valence-corrected chi connectivity index (χ3v) is 14.6. The molecule has 400 valence electrons. The summed E-state index contributed by atoms with van der Waals surface area (Å²) in [4.78, 5) is 0. The molecule has 4 heterocycles. The lowest BCUT2D eigenvalue weighted by Gasteiger charge is -2.12. The first kappa shape index (κ1) is 45.7. The van der Waals surface area contributed by atoms with Gasteiger partial charge in [0.15, 0.2) is 24.8 Å². The van der Waals surface area contributed by atoms with Crippen LogP contribution in [-0.2, 0) is 28.2 Å². The monoisotopic (exact) mass is 1030 g/mol. The highest BCUT2D eigenvalue weighted by atomic mass is 14.9. The molecule has 4 nitrogen and oxygen atoms in total. The summed E-state index contributed by atoms with van der Waals surface area (Å²) in [6.45, 7) is 28.0. The number of aromatic nitrogens is 4. The lowest BCUT2D eigenvalue weighted by molar-refractivity contribution is -0.661. The fraction of sp³-hybridized carbons (Fsp3) is 0.389. The van der Waals surface area contributed by atoms with Crippen molar-refractivity contribution in [1.82, 2.24) is 0 Å². The second-order valence-corrected chi connectivity index (χ2v) is 22.2. The van der Waals surface area contributed by atoms with Crippen molar-refractivity contribution in [3.8, 4) is 45.0 Å². The van der Waals surface area contributed by atoms with E-state index in [0.717, 1.165) is 44.8 Å². The van der Waals surface area contributed by atoms with Gasteiger partial charge >= 0.3 is 0 Å². The summed E-state index contributed by atoms with van der Waals surface area (Å²) in [5, 5.41) is 0. The first-order chi connectivity index (χ1) is 39.9. The Bertz CT molecular complexity index is 3780. The third-order valence-electron chi connectivity index (χ3n) is 14.6. The second kappa shape index (κ2) is 26.0. The van der Waals surface area contributed by atoms with Crippen molar-refractivity contribution in [2.75, 3.05) is 0 Å². The molecule has 4 heteroatoms. The maximum atomic E-state index is 8.23. The molecule has 0 aliphatic rings. The average molecular weight is 1030 g/mol. The largest absolute Gasteiger partial charge is 0.212 e. The highest BCUT2D eigenvalue weighted by Gasteiger charge is 2.20. The SMILES string of the molecule is Cc1ccc(-c2cc(C(C)C)c(C)c[n+]2C)c(C)c1.Cc1ccc(-c2cc(C)c(C(C)C)c[n+]2C)c(C)c1.[2H]C([2H])([2H])c1c[n+](C)c(-c2ccc(C([2H])(C)C([2H])([2H])[2H])cc2C)cc1C.[2H]C([2H])([2H])c1c[n+](C)c(-c2ccc(C([2H])(C)C)cc2C)cc1C. The third kappa shape index (κ3) is 14.9. The highest BCUT2D eigenvalue weighted by Crippen LogP contribution is 2.30. The Kier molecular flexibility index (Phi) is 15.6. The number of rotatable bonds is 8. The molecule has 8 aromatic rings. The Labute approximate surface area is 477 Å². The summed E-state index contributed by atoms with van der Waals surface area (Å²) in [5.74, 6) is -1.20. The molecule has 0 N–H and O–H groups in total. The second-order valence-electron chi connectivity index (χ2n) is 22.2. The summed E-state index contributed by atoms with van der Waals surface area (Å²) in [6, 6.07) is 33.0. The molecule has 8 rings (SSSR count). The van der Waals surface area contributed by atoms with E-state index in [9.17, 15) is 0 Å². The van der Waals surface area contributed by atoms with Gasteiger partial charge in [-0.2, -0.15) is 0 Å². The van der Waals surface area contributed by atoms with Gasteiger partial charge in [-0.05, 0) is 186 Å². The van der Waals surface area contributed by atoms with E-state index in [0.29, 0.717) is 34.1 Å². The van der Waals surface area contributed by atoms with Crippen LogP contribution in [0.3, 0.4) is 0 Å². The molecule has 0 spiro atoms. The maximum absolute atomic E-state index is 8.23. The fourth-order valence-electron chi connectivity index (χ4n) is 10.0. The lowest BCUT2D eigenvalue weighted by atomic mass is 9.95. The summed E-state index contributed by atoms with van der Waals surface area (Å²) >= 11 is 0. The van der Waals surface area contributed by atoms with E-state index in [1.54, 1.807) is 49.1 Å². The van der Waals surface area contributed by atoms with Crippen LogP contribution in [0.25, 0.3) is 45.0 Å². The van der Waals surface area contributed by atoms with Crippen LogP contribution in [0.5, 0.6) is 0 Å². The molecule has 0 fully saturated rings. The zero-order chi connectivity index (χ0) is 66.0. The molecule has 0 aliphatic heterocycles. The van der Waals surface area contributed by atoms with Gasteiger partial charge in [-0.15, -0.1) is 0 Å². The van der Waals surface area contributed by atoms with Crippen molar-refractivity contribution in [1.29, 1.82) is 0 Å². The van der Waals surface area contributed by atoms with Crippen molar-refractivity contribution in [2.24, 2.45) is 28.2 Å². The van der Waals surface area contributed by atoms with Gasteiger partial charge in [-0.25, -0.2) is 18.3 Å². The first-order valence-electron chi connectivity index (χ1n) is 32.3. The zero-order valence-corrected chi connectivity index (χ0v) is 50.0. The van der Waals surface area contributed by atoms with E-state index < -0.39 is 32.3 Å². The van der Waals surface area contributed by atoms with Crippen molar-refractivity contribution < 1.29 is 33.3 Å². The van der Waals surface area contributed by atoms with Gasteiger partial charge in [-0.1, -0.05) is 115 Å². The van der Waals surface area contributed by atoms with Gasteiger partial charge in [0.1, 0.15) is 28.2 Å². The molecule has 4 aromatic heterocycles. The van der Waals surface area contributed by atoms with Gasteiger partial charge in [-0.3, -0.25) is 0 Å². The van der Waals surface area contributed by atoms with Crippen molar-refractivity contribution in [2.45, 2.75) is 162 Å². The van der Waals surface area contributed by atoms with Crippen LogP contribution in [-0.4, -0.2) is 0 Å². The topological polar surface area (TPSA) is 15.5 Å².